The highest BCUT2D eigenvalue weighted by Gasteiger charge is 2.29. The summed E-state index contributed by atoms with van der Waals surface area (Å²) in [5, 5.41) is 0. The molecule has 102 valence electrons. The molecule has 17 heavy (non-hydrogen) atoms. The van der Waals surface area contributed by atoms with Crippen LogP contribution < -0.4 is 0 Å². The Labute approximate surface area is 99.9 Å². The van der Waals surface area contributed by atoms with Gasteiger partial charge in [0.25, 0.3) is 0 Å². The van der Waals surface area contributed by atoms with Crippen LogP contribution in [-0.4, -0.2) is 49.7 Å². The van der Waals surface area contributed by atoms with E-state index in [0.717, 1.165) is 25.9 Å². The van der Waals surface area contributed by atoms with Gasteiger partial charge in [0.2, 0.25) is 0 Å². The second-order valence-electron chi connectivity index (χ2n) is 4.52. The molecule has 3 nitrogen and oxygen atoms in total. The highest BCUT2D eigenvalue weighted by Crippen LogP contribution is 2.17. The fourth-order valence-corrected chi connectivity index (χ4v) is 1.94. The van der Waals surface area contributed by atoms with Gasteiger partial charge in [-0.25, -0.2) is 0 Å². The second kappa shape index (κ2) is 6.56. The number of ether oxygens (including phenoxy) is 2. The van der Waals surface area contributed by atoms with Crippen LogP contribution in [0.15, 0.2) is 0 Å². The number of halogens is 3. The standard InChI is InChI=1S/C11H20F3NO2/c1-9(2)17-10-3-5-15(6-4-10)7-8-16-11(12,13)14/h9-10H,3-8H2,1-2H3. The molecule has 1 aliphatic heterocycles. The van der Waals surface area contributed by atoms with Gasteiger partial charge in [-0.2, -0.15) is 0 Å². The van der Waals surface area contributed by atoms with Gasteiger partial charge in [-0.05, 0) is 26.7 Å². The van der Waals surface area contributed by atoms with Crippen molar-refractivity contribution in [3.63, 3.8) is 0 Å². The van der Waals surface area contributed by atoms with Crippen molar-refractivity contribution in [1.82, 2.24) is 4.90 Å². The fraction of sp³-hybridized carbons (Fsp3) is 1.00. The Morgan fingerprint density at radius 1 is 1.24 bits per heavy atom. The van der Waals surface area contributed by atoms with Gasteiger partial charge in [-0.15, -0.1) is 13.2 Å². The third-order valence-corrected chi connectivity index (χ3v) is 2.67. The van der Waals surface area contributed by atoms with E-state index in [-0.39, 0.29) is 18.8 Å². The minimum atomic E-state index is -4.51. The Kier molecular flexibility index (Phi) is 5.69. The summed E-state index contributed by atoms with van der Waals surface area (Å²) in [5.41, 5.74) is 0. The number of likely N-dealkylation sites (tertiary alicyclic amines) is 1. The van der Waals surface area contributed by atoms with E-state index in [0.29, 0.717) is 6.54 Å². The predicted octanol–water partition coefficient (Wildman–Crippen LogP) is 2.41. The van der Waals surface area contributed by atoms with Crippen LogP contribution in [0, 0.1) is 0 Å². The number of piperidine rings is 1. The van der Waals surface area contributed by atoms with Crippen LogP contribution >= 0.6 is 0 Å². The number of rotatable bonds is 5. The van der Waals surface area contributed by atoms with Crippen molar-refractivity contribution >= 4 is 0 Å². The van der Waals surface area contributed by atoms with Crippen LogP contribution in [-0.2, 0) is 9.47 Å². The highest BCUT2D eigenvalue weighted by atomic mass is 19.4. The van der Waals surface area contributed by atoms with E-state index in [1.54, 1.807) is 0 Å². The smallest absolute Gasteiger partial charge is 0.375 e. The molecule has 0 saturated carbocycles. The lowest BCUT2D eigenvalue weighted by Gasteiger charge is -2.32. The Bertz CT molecular complexity index is 213. The Balaban J connectivity index is 2.11. The molecule has 0 amide bonds. The van der Waals surface area contributed by atoms with E-state index < -0.39 is 6.36 Å². The van der Waals surface area contributed by atoms with E-state index in [1.165, 1.54) is 0 Å². The van der Waals surface area contributed by atoms with Gasteiger partial charge in [0.05, 0.1) is 18.8 Å². The number of nitrogens with zero attached hydrogens (tertiary/aromatic N) is 1. The molecular weight excluding hydrogens is 235 g/mol. The lowest BCUT2D eigenvalue weighted by atomic mass is 10.1. The first-order valence-corrected chi connectivity index (χ1v) is 5.95. The summed E-state index contributed by atoms with van der Waals surface area (Å²) in [5.74, 6) is 0. The minimum Gasteiger partial charge on any atom is -0.375 e. The lowest BCUT2D eigenvalue weighted by Crippen LogP contribution is -2.40. The van der Waals surface area contributed by atoms with E-state index in [4.69, 9.17) is 4.74 Å². The molecule has 1 aliphatic rings. The molecule has 1 heterocycles. The lowest BCUT2D eigenvalue weighted by molar-refractivity contribution is -0.325. The van der Waals surface area contributed by atoms with Crippen molar-refractivity contribution in [2.45, 2.75) is 45.3 Å². The van der Waals surface area contributed by atoms with Gasteiger partial charge in [0, 0.05) is 19.6 Å². The molecule has 0 unspecified atom stereocenters. The zero-order chi connectivity index (χ0) is 12.9. The minimum absolute atomic E-state index is 0.208. The van der Waals surface area contributed by atoms with Gasteiger partial charge in [-0.3, -0.25) is 4.74 Å². The van der Waals surface area contributed by atoms with Crippen molar-refractivity contribution < 1.29 is 22.6 Å². The third-order valence-electron chi connectivity index (χ3n) is 2.67. The average molecular weight is 255 g/mol. The van der Waals surface area contributed by atoms with Crippen molar-refractivity contribution in [2.24, 2.45) is 0 Å². The van der Waals surface area contributed by atoms with Crippen LogP contribution in [0.2, 0.25) is 0 Å². The normalized spacial score (nSPS) is 20.1. The predicted molar refractivity (Wildman–Crippen MR) is 57.7 cm³/mol. The second-order valence-corrected chi connectivity index (χ2v) is 4.52. The molecule has 0 radical (unpaired) electrons. The monoisotopic (exact) mass is 255 g/mol. The molecule has 1 rings (SSSR count). The van der Waals surface area contributed by atoms with Gasteiger partial charge < -0.3 is 9.64 Å². The maximum Gasteiger partial charge on any atom is 0.522 e. The van der Waals surface area contributed by atoms with Gasteiger partial charge in [0.1, 0.15) is 0 Å². The first kappa shape index (κ1) is 14.7. The summed E-state index contributed by atoms with van der Waals surface area (Å²) < 4.78 is 44.7. The third kappa shape index (κ3) is 6.85. The molecule has 6 heteroatoms. The largest absolute Gasteiger partial charge is 0.522 e. The first-order valence-electron chi connectivity index (χ1n) is 5.95. The van der Waals surface area contributed by atoms with E-state index in [2.05, 4.69) is 4.74 Å². The Morgan fingerprint density at radius 3 is 2.29 bits per heavy atom. The quantitative estimate of drug-likeness (QED) is 0.753. The maximum atomic E-state index is 11.8. The summed E-state index contributed by atoms with van der Waals surface area (Å²) in [4.78, 5) is 1.98. The van der Waals surface area contributed by atoms with Crippen molar-refractivity contribution in [3.8, 4) is 0 Å². The van der Waals surface area contributed by atoms with Crippen molar-refractivity contribution in [1.29, 1.82) is 0 Å². The van der Waals surface area contributed by atoms with Gasteiger partial charge >= 0.3 is 6.36 Å². The summed E-state index contributed by atoms with van der Waals surface area (Å²) in [6, 6.07) is 0. The van der Waals surface area contributed by atoms with Gasteiger partial charge in [-0.1, -0.05) is 0 Å². The van der Waals surface area contributed by atoms with Crippen LogP contribution in [0.4, 0.5) is 13.2 Å². The average Bonchev–Trinajstić information content (AvgIpc) is 2.18. The van der Waals surface area contributed by atoms with Crippen LogP contribution in [0.1, 0.15) is 26.7 Å². The molecule has 0 N–H and O–H groups in total. The zero-order valence-electron chi connectivity index (χ0n) is 10.3. The highest BCUT2D eigenvalue weighted by molar-refractivity contribution is 4.72. The molecule has 0 bridgehead atoms. The molecule has 0 atom stereocenters. The Hall–Kier alpha value is -0.330. The first-order chi connectivity index (χ1) is 7.87. The molecule has 0 aromatic heterocycles. The number of hydrogen-bond donors (Lipinski definition) is 0. The van der Waals surface area contributed by atoms with Crippen LogP contribution in [0.5, 0.6) is 0 Å². The molecule has 0 aromatic rings. The van der Waals surface area contributed by atoms with E-state index >= 15 is 0 Å². The molecule has 0 aliphatic carbocycles. The van der Waals surface area contributed by atoms with E-state index in [1.807, 2.05) is 18.7 Å². The number of hydrogen-bond acceptors (Lipinski definition) is 3. The SMILES string of the molecule is CC(C)OC1CCN(CCOC(F)(F)F)CC1. The molecule has 0 spiro atoms. The molecular formula is C11H20F3NO2. The van der Waals surface area contributed by atoms with E-state index in [9.17, 15) is 13.2 Å². The molecule has 1 fully saturated rings. The van der Waals surface area contributed by atoms with Crippen LogP contribution in [0.3, 0.4) is 0 Å². The van der Waals surface area contributed by atoms with Crippen LogP contribution in [0.25, 0.3) is 0 Å². The Morgan fingerprint density at radius 2 is 1.82 bits per heavy atom. The maximum absolute atomic E-state index is 11.8. The summed E-state index contributed by atoms with van der Waals surface area (Å²) in [6.45, 7) is 5.57. The summed E-state index contributed by atoms with van der Waals surface area (Å²) in [7, 11) is 0. The van der Waals surface area contributed by atoms with Crippen molar-refractivity contribution in [2.75, 3.05) is 26.2 Å². The molecule has 0 aromatic carbocycles. The summed E-state index contributed by atoms with van der Waals surface area (Å²) >= 11 is 0. The number of alkyl halides is 3. The topological polar surface area (TPSA) is 21.7 Å². The zero-order valence-corrected chi connectivity index (χ0v) is 10.3. The van der Waals surface area contributed by atoms with Gasteiger partial charge in [0.15, 0.2) is 0 Å². The summed E-state index contributed by atoms with van der Waals surface area (Å²) in [6.07, 6.45) is -2.30. The molecule has 1 saturated heterocycles. The van der Waals surface area contributed by atoms with Crippen molar-refractivity contribution in [3.05, 3.63) is 0 Å². The fourth-order valence-electron chi connectivity index (χ4n) is 1.94.